The molecule has 5 nitrogen and oxygen atoms in total. The second kappa shape index (κ2) is 6.56. The van der Waals surface area contributed by atoms with Crippen LogP contribution >= 0.6 is 0 Å². The molecular formula is C17H20N3O2+. The lowest BCUT2D eigenvalue weighted by Gasteiger charge is -2.11. The molecule has 1 aromatic carbocycles. The van der Waals surface area contributed by atoms with E-state index in [9.17, 15) is 9.59 Å². The molecule has 0 atom stereocenters. The van der Waals surface area contributed by atoms with E-state index in [0.717, 1.165) is 36.5 Å². The molecule has 2 aromatic rings. The van der Waals surface area contributed by atoms with Gasteiger partial charge in [-0.2, -0.15) is 4.57 Å². The van der Waals surface area contributed by atoms with E-state index in [4.69, 9.17) is 0 Å². The van der Waals surface area contributed by atoms with E-state index in [-0.39, 0.29) is 18.5 Å². The van der Waals surface area contributed by atoms with Gasteiger partial charge in [-0.3, -0.25) is 10.1 Å². The van der Waals surface area contributed by atoms with E-state index in [1.165, 1.54) is 0 Å². The summed E-state index contributed by atoms with van der Waals surface area (Å²) in [6.45, 7) is 0.128. The summed E-state index contributed by atoms with van der Waals surface area (Å²) in [5.74, 6) is -0.309. The molecule has 1 aromatic heterocycles. The number of fused-ring (bicyclic) bond motifs is 1. The maximum absolute atomic E-state index is 11.9. The number of benzene rings is 1. The Morgan fingerprint density at radius 1 is 1.09 bits per heavy atom. The van der Waals surface area contributed by atoms with Crippen LogP contribution in [0.4, 0.5) is 4.79 Å². The molecule has 3 amide bonds. The minimum absolute atomic E-state index is 0.128. The minimum atomic E-state index is -0.390. The predicted molar refractivity (Wildman–Crippen MR) is 83.1 cm³/mol. The summed E-state index contributed by atoms with van der Waals surface area (Å²) in [5, 5.41) is 7.43. The van der Waals surface area contributed by atoms with Crippen LogP contribution in [0.25, 0.3) is 10.8 Å². The molecule has 0 aliphatic heterocycles. The van der Waals surface area contributed by atoms with E-state index in [0.29, 0.717) is 0 Å². The number of hydrogen-bond donors (Lipinski definition) is 2. The van der Waals surface area contributed by atoms with Crippen molar-refractivity contribution in [3.05, 3.63) is 42.7 Å². The molecule has 114 valence electrons. The van der Waals surface area contributed by atoms with Gasteiger partial charge in [0, 0.05) is 17.5 Å². The van der Waals surface area contributed by atoms with Gasteiger partial charge >= 0.3 is 6.03 Å². The fraction of sp³-hybridized carbons (Fsp3) is 0.353. The van der Waals surface area contributed by atoms with Crippen LogP contribution < -0.4 is 15.2 Å². The summed E-state index contributed by atoms with van der Waals surface area (Å²) in [5.41, 5.74) is 0. The summed E-state index contributed by atoms with van der Waals surface area (Å²) in [4.78, 5) is 23.7. The van der Waals surface area contributed by atoms with Crippen molar-refractivity contribution in [3.8, 4) is 0 Å². The van der Waals surface area contributed by atoms with Gasteiger partial charge in [0.15, 0.2) is 12.4 Å². The second-order valence-corrected chi connectivity index (χ2v) is 5.75. The van der Waals surface area contributed by atoms with Crippen molar-refractivity contribution in [3.63, 3.8) is 0 Å². The molecule has 0 bridgehead atoms. The topological polar surface area (TPSA) is 62.1 Å². The Labute approximate surface area is 129 Å². The largest absolute Gasteiger partial charge is 0.335 e. The fourth-order valence-corrected chi connectivity index (χ4v) is 2.90. The summed E-state index contributed by atoms with van der Waals surface area (Å²) in [6.07, 6.45) is 8.04. The third kappa shape index (κ3) is 3.61. The Hall–Kier alpha value is -2.43. The standard InChI is InChI=1S/C17H19N3O2/c21-16(19-17(22)18-15-7-3-4-8-15)12-20-10-9-13-5-1-2-6-14(13)11-20/h1-2,5-6,9-11,15H,3-4,7-8,12H2,(H-,18,19,21,22)/p+1. The van der Waals surface area contributed by atoms with Crippen LogP contribution in [0.3, 0.4) is 0 Å². The normalized spacial score (nSPS) is 14.9. The van der Waals surface area contributed by atoms with E-state index in [1.54, 1.807) is 4.57 Å². The molecule has 0 spiro atoms. The Balaban J connectivity index is 1.56. The van der Waals surface area contributed by atoms with Gasteiger partial charge in [0.25, 0.3) is 5.91 Å². The highest BCUT2D eigenvalue weighted by Crippen LogP contribution is 2.17. The highest BCUT2D eigenvalue weighted by molar-refractivity contribution is 5.93. The van der Waals surface area contributed by atoms with Crippen molar-refractivity contribution < 1.29 is 14.2 Å². The van der Waals surface area contributed by atoms with Gasteiger partial charge < -0.3 is 5.32 Å². The first-order valence-electron chi connectivity index (χ1n) is 7.69. The molecule has 1 heterocycles. The van der Waals surface area contributed by atoms with Crippen LogP contribution in [0.15, 0.2) is 42.7 Å². The molecule has 2 N–H and O–H groups in total. The average molecular weight is 298 g/mol. The molecule has 22 heavy (non-hydrogen) atoms. The highest BCUT2D eigenvalue weighted by Gasteiger charge is 2.19. The number of amides is 3. The molecular weight excluding hydrogens is 278 g/mol. The van der Waals surface area contributed by atoms with Crippen molar-refractivity contribution in [1.82, 2.24) is 10.6 Å². The molecule has 1 fully saturated rings. The third-order valence-corrected chi connectivity index (χ3v) is 4.02. The first-order valence-corrected chi connectivity index (χ1v) is 7.69. The van der Waals surface area contributed by atoms with Gasteiger partial charge in [0.2, 0.25) is 6.54 Å². The number of aromatic nitrogens is 1. The lowest BCUT2D eigenvalue weighted by atomic mass is 10.2. The van der Waals surface area contributed by atoms with Crippen LogP contribution in [-0.2, 0) is 11.3 Å². The number of pyridine rings is 1. The second-order valence-electron chi connectivity index (χ2n) is 5.75. The van der Waals surface area contributed by atoms with Crippen molar-refractivity contribution in [2.45, 2.75) is 38.3 Å². The Bertz CT molecular complexity index is 693. The van der Waals surface area contributed by atoms with Gasteiger partial charge in [-0.1, -0.05) is 31.0 Å². The minimum Gasteiger partial charge on any atom is -0.335 e. The molecule has 1 saturated carbocycles. The van der Waals surface area contributed by atoms with Crippen LogP contribution in [0.5, 0.6) is 0 Å². The monoisotopic (exact) mass is 298 g/mol. The lowest BCUT2D eigenvalue weighted by molar-refractivity contribution is -0.683. The summed E-state index contributed by atoms with van der Waals surface area (Å²) < 4.78 is 1.78. The summed E-state index contributed by atoms with van der Waals surface area (Å²) in [7, 11) is 0. The van der Waals surface area contributed by atoms with Crippen LogP contribution in [0.1, 0.15) is 25.7 Å². The third-order valence-electron chi connectivity index (χ3n) is 4.02. The number of urea groups is 1. The fourth-order valence-electron chi connectivity index (χ4n) is 2.90. The molecule has 1 aliphatic rings. The number of carbonyl (C=O) groups excluding carboxylic acids is 2. The Morgan fingerprint density at radius 2 is 1.82 bits per heavy atom. The number of imide groups is 1. The van der Waals surface area contributed by atoms with E-state index >= 15 is 0 Å². The van der Waals surface area contributed by atoms with Crippen LogP contribution in [0, 0.1) is 0 Å². The molecule has 0 unspecified atom stereocenters. The van der Waals surface area contributed by atoms with Gasteiger partial charge in [-0.05, 0) is 24.3 Å². The van der Waals surface area contributed by atoms with E-state index < -0.39 is 6.03 Å². The first-order chi connectivity index (χ1) is 10.7. The number of carbonyl (C=O) groups is 2. The van der Waals surface area contributed by atoms with Gasteiger partial charge in [-0.15, -0.1) is 0 Å². The number of nitrogens with one attached hydrogen (secondary N) is 2. The molecule has 1 aliphatic carbocycles. The Morgan fingerprint density at radius 3 is 2.59 bits per heavy atom. The zero-order valence-electron chi connectivity index (χ0n) is 12.4. The van der Waals surface area contributed by atoms with E-state index in [1.807, 2.05) is 42.7 Å². The molecule has 5 heteroatoms. The maximum atomic E-state index is 11.9. The van der Waals surface area contributed by atoms with Crippen molar-refractivity contribution >= 4 is 22.7 Å². The van der Waals surface area contributed by atoms with E-state index in [2.05, 4.69) is 10.6 Å². The maximum Gasteiger partial charge on any atom is 0.321 e. The zero-order chi connectivity index (χ0) is 15.4. The number of nitrogens with zero attached hydrogens (tertiary/aromatic N) is 1. The van der Waals surface area contributed by atoms with Gasteiger partial charge in [-0.25, -0.2) is 4.79 Å². The highest BCUT2D eigenvalue weighted by atomic mass is 16.2. The molecule has 0 saturated heterocycles. The summed E-state index contributed by atoms with van der Waals surface area (Å²) in [6, 6.07) is 9.74. The quantitative estimate of drug-likeness (QED) is 0.850. The zero-order valence-corrected chi connectivity index (χ0v) is 12.4. The number of hydrogen-bond acceptors (Lipinski definition) is 2. The van der Waals surface area contributed by atoms with Crippen LogP contribution in [-0.4, -0.2) is 18.0 Å². The smallest absolute Gasteiger partial charge is 0.321 e. The van der Waals surface area contributed by atoms with Gasteiger partial charge in [0.1, 0.15) is 0 Å². The SMILES string of the molecule is O=C(C[n+]1ccc2ccccc2c1)NC(=O)NC1CCCC1. The lowest BCUT2D eigenvalue weighted by Crippen LogP contribution is -2.49. The Kier molecular flexibility index (Phi) is 4.32. The first kappa shape index (κ1) is 14.5. The van der Waals surface area contributed by atoms with Crippen LogP contribution in [0.2, 0.25) is 0 Å². The van der Waals surface area contributed by atoms with Crippen molar-refractivity contribution in [2.75, 3.05) is 0 Å². The van der Waals surface area contributed by atoms with Crippen molar-refractivity contribution in [1.29, 1.82) is 0 Å². The van der Waals surface area contributed by atoms with Gasteiger partial charge in [0.05, 0.1) is 0 Å². The molecule has 3 rings (SSSR count). The predicted octanol–water partition coefficient (Wildman–Crippen LogP) is 1.90. The van der Waals surface area contributed by atoms with Crippen molar-refractivity contribution in [2.24, 2.45) is 0 Å². The average Bonchev–Trinajstić information content (AvgIpc) is 2.99. The molecule has 0 radical (unpaired) electrons. The number of rotatable bonds is 3. The summed E-state index contributed by atoms with van der Waals surface area (Å²) >= 11 is 0.